The molecule has 0 aliphatic carbocycles. The summed E-state index contributed by atoms with van der Waals surface area (Å²) < 4.78 is 27.1. The third-order valence-electron chi connectivity index (χ3n) is 3.91. The predicted molar refractivity (Wildman–Crippen MR) is 68.5 cm³/mol. The number of hydrogen-bond acceptors (Lipinski definition) is 2. The molecular weight excluding hydrogens is 236 g/mol. The number of nitrogens with zero attached hydrogens (tertiary/aromatic N) is 1. The van der Waals surface area contributed by atoms with E-state index in [1.807, 2.05) is 32.8 Å². The van der Waals surface area contributed by atoms with Crippen LogP contribution < -0.4 is 0 Å². The van der Waals surface area contributed by atoms with Crippen LogP contribution in [0.5, 0.6) is 0 Å². The van der Waals surface area contributed by atoms with Crippen LogP contribution in [0.2, 0.25) is 0 Å². The van der Waals surface area contributed by atoms with Gasteiger partial charge in [-0.15, -0.1) is 0 Å². The first-order chi connectivity index (χ1) is 8.32. The molecule has 2 atom stereocenters. The molecule has 0 aliphatic rings. The highest BCUT2D eigenvalue weighted by atomic mass is 19.1. The van der Waals surface area contributed by atoms with Gasteiger partial charge in [0.05, 0.1) is 6.10 Å². The molecule has 1 aromatic carbocycles. The lowest BCUT2D eigenvalue weighted by Gasteiger charge is -2.40. The van der Waals surface area contributed by atoms with Gasteiger partial charge < -0.3 is 10.0 Å². The topological polar surface area (TPSA) is 23.5 Å². The van der Waals surface area contributed by atoms with E-state index in [9.17, 15) is 13.9 Å². The molecule has 2 nitrogen and oxygen atoms in total. The van der Waals surface area contributed by atoms with Gasteiger partial charge in [-0.1, -0.05) is 13.0 Å². The summed E-state index contributed by atoms with van der Waals surface area (Å²) in [5, 5.41) is 10.3. The summed E-state index contributed by atoms with van der Waals surface area (Å²) in [7, 11) is 3.70. The van der Waals surface area contributed by atoms with Crippen molar-refractivity contribution in [3.8, 4) is 0 Å². The largest absolute Gasteiger partial charge is 0.391 e. The van der Waals surface area contributed by atoms with Crippen LogP contribution in [0.25, 0.3) is 0 Å². The highest BCUT2D eigenvalue weighted by molar-refractivity contribution is 5.21. The van der Waals surface area contributed by atoms with E-state index in [0.717, 1.165) is 0 Å². The molecule has 1 rings (SSSR count). The summed E-state index contributed by atoms with van der Waals surface area (Å²) >= 11 is 0. The van der Waals surface area contributed by atoms with Gasteiger partial charge in [0.25, 0.3) is 0 Å². The van der Waals surface area contributed by atoms with Gasteiger partial charge in [-0.05, 0) is 39.6 Å². The van der Waals surface area contributed by atoms with Crippen molar-refractivity contribution in [2.75, 3.05) is 14.1 Å². The zero-order valence-corrected chi connectivity index (χ0v) is 11.4. The maximum absolute atomic E-state index is 13.5. The summed E-state index contributed by atoms with van der Waals surface area (Å²) in [5.41, 5.74) is -0.555. The molecule has 0 radical (unpaired) electrons. The lowest BCUT2D eigenvalue weighted by molar-refractivity contribution is 0.00209. The van der Waals surface area contributed by atoms with E-state index in [1.165, 1.54) is 18.2 Å². The molecule has 1 N–H and O–H groups in total. The van der Waals surface area contributed by atoms with E-state index >= 15 is 0 Å². The lowest BCUT2D eigenvalue weighted by Crippen LogP contribution is -2.51. The highest BCUT2D eigenvalue weighted by Crippen LogP contribution is 2.25. The minimum Gasteiger partial charge on any atom is -0.391 e. The van der Waals surface area contributed by atoms with Crippen molar-refractivity contribution in [1.82, 2.24) is 4.90 Å². The molecule has 18 heavy (non-hydrogen) atoms. The van der Waals surface area contributed by atoms with Crippen molar-refractivity contribution in [3.05, 3.63) is 35.4 Å². The zero-order valence-electron chi connectivity index (χ0n) is 11.4. The molecule has 4 heteroatoms. The summed E-state index contributed by atoms with van der Waals surface area (Å²) in [5.74, 6) is -1.21. The Morgan fingerprint density at radius 1 is 1.28 bits per heavy atom. The standard InChI is InChI=1S/C14H21F2NO/c1-5-14(2,17(3)4)13(18)9-10-11(15)7-6-8-12(10)16/h6-8,13,18H,5,9H2,1-4H3. The molecule has 0 aromatic heterocycles. The second-order valence-electron chi connectivity index (χ2n) is 5.03. The molecule has 0 amide bonds. The number of aliphatic hydroxyl groups excluding tert-OH is 1. The minimum atomic E-state index is -0.830. The Balaban J connectivity index is 2.97. The first-order valence-electron chi connectivity index (χ1n) is 6.11. The van der Waals surface area contributed by atoms with E-state index < -0.39 is 23.3 Å². The fraction of sp³-hybridized carbons (Fsp3) is 0.571. The van der Waals surface area contributed by atoms with Crippen LogP contribution in [0.4, 0.5) is 8.78 Å². The van der Waals surface area contributed by atoms with Crippen LogP contribution >= 0.6 is 0 Å². The van der Waals surface area contributed by atoms with Gasteiger partial charge in [-0.2, -0.15) is 0 Å². The normalized spacial score (nSPS) is 16.7. The minimum absolute atomic E-state index is 0.0268. The molecule has 102 valence electrons. The molecular formula is C14H21F2NO. The number of aliphatic hydroxyl groups is 1. The van der Waals surface area contributed by atoms with Crippen molar-refractivity contribution in [1.29, 1.82) is 0 Å². The van der Waals surface area contributed by atoms with Crippen molar-refractivity contribution in [3.63, 3.8) is 0 Å². The molecule has 0 bridgehead atoms. The zero-order chi connectivity index (χ0) is 13.9. The highest BCUT2D eigenvalue weighted by Gasteiger charge is 2.34. The second-order valence-corrected chi connectivity index (χ2v) is 5.03. The quantitative estimate of drug-likeness (QED) is 0.876. The average molecular weight is 257 g/mol. The molecule has 0 fully saturated rings. The Labute approximate surface area is 107 Å². The van der Waals surface area contributed by atoms with Crippen LogP contribution in [0.3, 0.4) is 0 Å². The number of rotatable bonds is 5. The molecule has 0 spiro atoms. The maximum atomic E-state index is 13.5. The van der Waals surface area contributed by atoms with E-state index in [1.54, 1.807) is 0 Å². The summed E-state index contributed by atoms with van der Waals surface area (Å²) in [6.07, 6.45) is -0.165. The molecule has 0 saturated carbocycles. The van der Waals surface area contributed by atoms with Crippen LogP contribution in [-0.2, 0) is 6.42 Å². The number of benzene rings is 1. The smallest absolute Gasteiger partial charge is 0.129 e. The van der Waals surface area contributed by atoms with Gasteiger partial charge in [0, 0.05) is 17.5 Å². The average Bonchev–Trinajstić information content (AvgIpc) is 2.32. The third-order valence-corrected chi connectivity index (χ3v) is 3.91. The van der Waals surface area contributed by atoms with E-state index in [0.29, 0.717) is 6.42 Å². The third kappa shape index (κ3) is 2.87. The van der Waals surface area contributed by atoms with Crippen molar-refractivity contribution >= 4 is 0 Å². The Morgan fingerprint density at radius 3 is 2.17 bits per heavy atom. The summed E-state index contributed by atoms with van der Waals surface area (Å²) in [6, 6.07) is 3.75. The van der Waals surface area contributed by atoms with Crippen molar-refractivity contribution in [2.45, 2.75) is 38.3 Å². The Morgan fingerprint density at radius 2 is 1.78 bits per heavy atom. The van der Waals surface area contributed by atoms with E-state index in [2.05, 4.69) is 0 Å². The first-order valence-corrected chi connectivity index (χ1v) is 6.11. The van der Waals surface area contributed by atoms with Gasteiger partial charge in [0.1, 0.15) is 11.6 Å². The second kappa shape index (κ2) is 5.76. The number of likely N-dealkylation sites (N-methyl/N-ethyl adjacent to an activating group) is 1. The Bertz CT molecular complexity index is 389. The monoisotopic (exact) mass is 257 g/mol. The van der Waals surface area contributed by atoms with Gasteiger partial charge >= 0.3 is 0 Å². The van der Waals surface area contributed by atoms with Crippen molar-refractivity contribution in [2.24, 2.45) is 0 Å². The van der Waals surface area contributed by atoms with Crippen LogP contribution in [-0.4, -0.2) is 35.7 Å². The number of hydrogen-bond donors (Lipinski definition) is 1. The van der Waals surface area contributed by atoms with Crippen LogP contribution in [0, 0.1) is 11.6 Å². The van der Waals surface area contributed by atoms with E-state index in [4.69, 9.17) is 0 Å². The van der Waals surface area contributed by atoms with Crippen LogP contribution in [0.1, 0.15) is 25.8 Å². The Kier molecular flexibility index (Phi) is 4.82. The maximum Gasteiger partial charge on any atom is 0.129 e. The predicted octanol–water partition coefficient (Wildman–Crippen LogP) is 2.60. The van der Waals surface area contributed by atoms with Gasteiger partial charge in [0.15, 0.2) is 0 Å². The molecule has 2 unspecified atom stereocenters. The molecule has 1 aromatic rings. The van der Waals surface area contributed by atoms with Crippen molar-refractivity contribution < 1.29 is 13.9 Å². The van der Waals surface area contributed by atoms with Gasteiger partial charge in [0.2, 0.25) is 0 Å². The molecule has 0 aliphatic heterocycles. The summed E-state index contributed by atoms with van der Waals surface area (Å²) in [6.45, 7) is 3.83. The SMILES string of the molecule is CCC(C)(C(O)Cc1c(F)cccc1F)N(C)C. The molecule has 0 saturated heterocycles. The lowest BCUT2D eigenvalue weighted by atomic mass is 9.86. The van der Waals surface area contributed by atoms with Gasteiger partial charge in [-0.3, -0.25) is 0 Å². The summed E-state index contributed by atoms with van der Waals surface area (Å²) in [4.78, 5) is 1.89. The number of halogens is 2. The van der Waals surface area contributed by atoms with Gasteiger partial charge in [-0.25, -0.2) is 8.78 Å². The molecule has 0 heterocycles. The first kappa shape index (κ1) is 15.1. The fourth-order valence-corrected chi connectivity index (χ4v) is 1.99. The Hall–Kier alpha value is -1.00. The van der Waals surface area contributed by atoms with E-state index in [-0.39, 0.29) is 12.0 Å². The van der Waals surface area contributed by atoms with Crippen LogP contribution in [0.15, 0.2) is 18.2 Å². The fourth-order valence-electron chi connectivity index (χ4n) is 1.99.